The molecule has 0 spiro atoms. The van der Waals surface area contributed by atoms with Gasteiger partial charge in [0, 0.05) is 13.7 Å². The summed E-state index contributed by atoms with van der Waals surface area (Å²) in [6.45, 7) is 6.98. The normalized spacial score (nSPS) is 14.4. The minimum absolute atomic E-state index is 0.253. The molecule has 0 saturated carbocycles. The fourth-order valence-electron chi connectivity index (χ4n) is 1.07. The standard InChI is InChI=1S/C12H23NO3/c1-4-12(2,11-13)5-6-15-9-10-16-8-7-14-3/h4-10H2,1-3H3. The van der Waals surface area contributed by atoms with Crippen molar-refractivity contribution in [3.63, 3.8) is 0 Å². The summed E-state index contributed by atoms with van der Waals surface area (Å²) in [6, 6.07) is 2.32. The van der Waals surface area contributed by atoms with Crippen LogP contribution in [-0.2, 0) is 14.2 Å². The van der Waals surface area contributed by atoms with E-state index in [1.54, 1.807) is 7.11 Å². The summed E-state index contributed by atoms with van der Waals surface area (Å²) < 4.78 is 15.5. The molecule has 16 heavy (non-hydrogen) atoms. The number of hydrogen-bond acceptors (Lipinski definition) is 4. The average Bonchev–Trinajstić information content (AvgIpc) is 2.32. The zero-order valence-electron chi connectivity index (χ0n) is 10.6. The number of rotatable bonds is 10. The van der Waals surface area contributed by atoms with E-state index < -0.39 is 0 Å². The molecule has 0 rings (SSSR count). The van der Waals surface area contributed by atoms with Crippen LogP contribution < -0.4 is 0 Å². The maximum atomic E-state index is 8.94. The largest absolute Gasteiger partial charge is 0.382 e. The van der Waals surface area contributed by atoms with Crippen molar-refractivity contribution in [3.8, 4) is 6.07 Å². The van der Waals surface area contributed by atoms with Gasteiger partial charge in [0.05, 0.1) is 37.9 Å². The van der Waals surface area contributed by atoms with E-state index in [0.29, 0.717) is 33.0 Å². The third-order valence-corrected chi connectivity index (χ3v) is 2.65. The van der Waals surface area contributed by atoms with Crippen LogP contribution in [0.1, 0.15) is 26.7 Å². The van der Waals surface area contributed by atoms with Crippen molar-refractivity contribution in [1.29, 1.82) is 5.26 Å². The average molecular weight is 229 g/mol. The lowest BCUT2D eigenvalue weighted by molar-refractivity contribution is 0.0200. The summed E-state index contributed by atoms with van der Waals surface area (Å²) >= 11 is 0. The molecule has 0 aliphatic rings. The SMILES string of the molecule is CCC(C)(C#N)CCOCCOCCOC. The van der Waals surface area contributed by atoms with Crippen molar-refractivity contribution in [2.45, 2.75) is 26.7 Å². The number of ether oxygens (including phenoxy) is 3. The molecule has 0 aromatic heterocycles. The molecule has 0 fully saturated rings. The van der Waals surface area contributed by atoms with Crippen LogP contribution >= 0.6 is 0 Å². The monoisotopic (exact) mass is 229 g/mol. The highest BCUT2D eigenvalue weighted by Gasteiger charge is 2.20. The molecular formula is C12H23NO3. The Hall–Kier alpha value is -0.630. The van der Waals surface area contributed by atoms with Gasteiger partial charge >= 0.3 is 0 Å². The van der Waals surface area contributed by atoms with Crippen molar-refractivity contribution in [2.24, 2.45) is 5.41 Å². The van der Waals surface area contributed by atoms with Crippen LogP contribution in [0.25, 0.3) is 0 Å². The third kappa shape index (κ3) is 7.63. The number of hydrogen-bond donors (Lipinski definition) is 0. The van der Waals surface area contributed by atoms with Crippen LogP contribution in [0.3, 0.4) is 0 Å². The maximum Gasteiger partial charge on any atom is 0.0701 e. The Balaban J connectivity index is 3.30. The molecule has 0 aromatic rings. The number of nitrogens with zero attached hydrogens (tertiary/aromatic N) is 1. The molecule has 4 heteroatoms. The van der Waals surface area contributed by atoms with Gasteiger partial charge < -0.3 is 14.2 Å². The minimum atomic E-state index is -0.253. The summed E-state index contributed by atoms with van der Waals surface area (Å²) in [5.41, 5.74) is -0.253. The second-order valence-corrected chi connectivity index (χ2v) is 3.99. The molecule has 0 radical (unpaired) electrons. The van der Waals surface area contributed by atoms with Crippen molar-refractivity contribution >= 4 is 0 Å². The zero-order chi connectivity index (χ0) is 12.3. The quantitative estimate of drug-likeness (QED) is 0.538. The first-order valence-corrected chi connectivity index (χ1v) is 5.74. The number of methoxy groups -OCH3 is 1. The van der Waals surface area contributed by atoms with E-state index >= 15 is 0 Å². The molecule has 0 bridgehead atoms. The Morgan fingerprint density at radius 2 is 1.62 bits per heavy atom. The van der Waals surface area contributed by atoms with Gasteiger partial charge in [-0.05, 0) is 19.8 Å². The van der Waals surface area contributed by atoms with E-state index in [9.17, 15) is 0 Å². The van der Waals surface area contributed by atoms with E-state index in [4.69, 9.17) is 19.5 Å². The van der Waals surface area contributed by atoms with Crippen LogP contribution in [0.5, 0.6) is 0 Å². The highest BCUT2D eigenvalue weighted by atomic mass is 16.5. The van der Waals surface area contributed by atoms with Crippen LogP contribution in [-0.4, -0.2) is 40.1 Å². The molecule has 1 atom stereocenters. The highest BCUT2D eigenvalue weighted by Crippen LogP contribution is 2.23. The summed E-state index contributed by atoms with van der Waals surface area (Å²) in [5, 5.41) is 8.94. The second kappa shape index (κ2) is 9.59. The van der Waals surface area contributed by atoms with Gasteiger partial charge in [0.15, 0.2) is 0 Å². The summed E-state index contributed by atoms with van der Waals surface area (Å²) in [6.07, 6.45) is 1.63. The van der Waals surface area contributed by atoms with Crippen molar-refractivity contribution in [2.75, 3.05) is 40.1 Å². The van der Waals surface area contributed by atoms with Gasteiger partial charge in [-0.15, -0.1) is 0 Å². The molecular weight excluding hydrogens is 206 g/mol. The van der Waals surface area contributed by atoms with E-state index in [-0.39, 0.29) is 5.41 Å². The van der Waals surface area contributed by atoms with Gasteiger partial charge in [0.1, 0.15) is 0 Å². The molecule has 94 valence electrons. The molecule has 0 heterocycles. The van der Waals surface area contributed by atoms with E-state index in [1.165, 1.54) is 0 Å². The van der Waals surface area contributed by atoms with Crippen molar-refractivity contribution < 1.29 is 14.2 Å². The maximum absolute atomic E-state index is 8.94. The Labute approximate surface area is 98.5 Å². The fraction of sp³-hybridized carbons (Fsp3) is 0.917. The molecule has 0 aliphatic carbocycles. The van der Waals surface area contributed by atoms with Crippen LogP contribution in [0, 0.1) is 16.7 Å². The van der Waals surface area contributed by atoms with Crippen molar-refractivity contribution in [3.05, 3.63) is 0 Å². The third-order valence-electron chi connectivity index (χ3n) is 2.65. The Morgan fingerprint density at radius 1 is 1.06 bits per heavy atom. The molecule has 0 aromatic carbocycles. The topological polar surface area (TPSA) is 51.5 Å². The Bertz CT molecular complexity index is 203. The van der Waals surface area contributed by atoms with Gasteiger partial charge in [0.2, 0.25) is 0 Å². The molecule has 4 nitrogen and oxygen atoms in total. The fourth-order valence-corrected chi connectivity index (χ4v) is 1.07. The van der Waals surface area contributed by atoms with Gasteiger partial charge in [-0.2, -0.15) is 5.26 Å². The summed E-state index contributed by atoms with van der Waals surface area (Å²) in [5.74, 6) is 0. The van der Waals surface area contributed by atoms with Gasteiger partial charge in [-0.1, -0.05) is 6.92 Å². The highest BCUT2D eigenvalue weighted by molar-refractivity contribution is 4.94. The summed E-state index contributed by atoms with van der Waals surface area (Å²) in [4.78, 5) is 0. The van der Waals surface area contributed by atoms with Gasteiger partial charge in [-0.3, -0.25) is 0 Å². The molecule has 0 amide bonds. The van der Waals surface area contributed by atoms with Crippen LogP contribution in [0.2, 0.25) is 0 Å². The lowest BCUT2D eigenvalue weighted by atomic mass is 9.86. The van der Waals surface area contributed by atoms with Gasteiger partial charge in [-0.25, -0.2) is 0 Å². The lowest BCUT2D eigenvalue weighted by Gasteiger charge is -2.18. The van der Waals surface area contributed by atoms with E-state index in [1.807, 2.05) is 13.8 Å². The minimum Gasteiger partial charge on any atom is -0.382 e. The molecule has 1 unspecified atom stereocenters. The molecule has 0 saturated heterocycles. The van der Waals surface area contributed by atoms with E-state index in [2.05, 4.69) is 6.07 Å². The van der Waals surface area contributed by atoms with E-state index in [0.717, 1.165) is 12.8 Å². The first kappa shape index (κ1) is 15.4. The van der Waals surface area contributed by atoms with Gasteiger partial charge in [0.25, 0.3) is 0 Å². The Kier molecular flexibility index (Phi) is 9.21. The predicted molar refractivity (Wildman–Crippen MR) is 62.1 cm³/mol. The van der Waals surface area contributed by atoms with Crippen LogP contribution in [0.4, 0.5) is 0 Å². The predicted octanol–water partition coefficient (Wildman–Crippen LogP) is 2.00. The first-order chi connectivity index (χ1) is 7.68. The summed E-state index contributed by atoms with van der Waals surface area (Å²) in [7, 11) is 1.65. The second-order valence-electron chi connectivity index (χ2n) is 3.99. The molecule has 0 N–H and O–H groups in total. The zero-order valence-corrected chi connectivity index (χ0v) is 10.6. The lowest BCUT2D eigenvalue weighted by Crippen LogP contribution is -2.16. The molecule has 0 aliphatic heterocycles. The smallest absolute Gasteiger partial charge is 0.0701 e. The van der Waals surface area contributed by atoms with Crippen LogP contribution in [0.15, 0.2) is 0 Å². The Morgan fingerprint density at radius 3 is 2.12 bits per heavy atom. The number of nitriles is 1. The first-order valence-electron chi connectivity index (χ1n) is 5.74. The van der Waals surface area contributed by atoms with Crippen molar-refractivity contribution in [1.82, 2.24) is 0 Å².